The first-order chi connectivity index (χ1) is 13.4. The van der Waals surface area contributed by atoms with Crippen LogP contribution in [-0.4, -0.2) is 58.3 Å². The lowest BCUT2D eigenvalue weighted by molar-refractivity contribution is -0.137. The number of aromatic nitrogens is 1. The molecule has 2 saturated heterocycles. The van der Waals surface area contributed by atoms with Gasteiger partial charge in [0, 0.05) is 30.7 Å². The zero-order chi connectivity index (χ0) is 19.9. The summed E-state index contributed by atoms with van der Waals surface area (Å²) in [5.41, 5.74) is 0.445. The maximum absolute atomic E-state index is 12.6. The largest absolute Gasteiger partial charge is 0.444 e. The molecule has 4 rings (SSSR count). The standard InChI is InChI=1S/C19H19ClN4O4/c1-23-17(26)19(22-18(23)27)6-8-24(9-7-19)15(25)10-14-11-28-16(21-14)12-2-4-13(20)5-3-12/h2-5,11H,6-10H2,1H3,(H,22,27). The van der Waals surface area contributed by atoms with Crippen molar-refractivity contribution in [1.29, 1.82) is 0 Å². The normalized spacial score (nSPS) is 18.6. The third-order valence-corrected chi connectivity index (χ3v) is 5.56. The second-order valence-electron chi connectivity index (χ2n) is 7.08. The molecule has 146 valence electrons. The minimum absolute atomic E-state index is 0.0871. The smallest absolute Gasteiger partial charge is 0.324 e. The quantitative estimate of drug-likeness (QED) is 0.793. The summed E-state index contributed by atoms with van der Waals surface area (Å²) >= 11 is 5.88. The number of carbonyl (C=O) groups is 3. The Hall–Kier alpha value is -2.87. The molecule has 2 fully saturated rings. The topological polar surface area (TPSA) is 95.8 Å². The van der Waals surface area contributed by atoms with E-state index in [0.29, 0.717) is 42.5 Å². The highest BCUT2D eigenvalue weighted by Gasteiger charge is 2.51. The summed E-state index contributed by atoms with van der Waals surface area (Å²) in [6.45, 7) is 0.807. The Labute approximate surface area is 166 Å². The van der Waals surface area contributed by atoms with Crippen LogP contribution in [0.15, 0.2) is 34.9 Å². The molecule has 2 aliphatic heterocycles. The molecule has 8 nitrogen and oxygen atoms in total. The van der Waals surface area contributed by atoms with Crippen molar-refractivity contribution in [1.82, 2.24) is 20.1 Å². The maximum Gasteiger partial charge on any atom is 0.324 e. The van der Waals surface area contributed by atoms with Gasteiger partial charge in [0.2, 0.25) is 11.8 Å². The minimum atomic E-state index is -0.877. The van der Waals surface area contributed by atoms with Crippen molar-refractivity contribution < 1.29 is 18.8 Å². The molecule has 1 N–H and O–H groups in total. The van der Waals surface area contributed by atoms with Crippen molar-refractivity contribution in [3.8, 4) is 11.5 Å². The van der Waals surface area contributed by atoms with Crippen molar-refractivity contribution in [3.05, 3.63) is 41.2 Å². The van der Waals surface area contributed by atoms with Gasteiger partial charge in [0.1, 0.15) is 11.8 Å². The fourth-order valence-electron chi connectivity index (χ4n) is 3.61. The van der Waals surface area contributed by atoms with Crippen LogP contribution in [0.5, 0.6) is 0 Å². The molecule has 28 heavy (non-hydrogen) atoms. The summed E-state index contributed by atoms with van der Waals surface area (Å²) in [5, 5.41) is 3.39. The fraction of sp³-hybridized carbons (Fsp3) is 0.368. The van der Waals surface area contributed by atoms with Gasteiger partial charge in [-0.05, 0) is 37.1 Å². The molecule has 0 unspecified atom stereocenters. The Morgan fingerprint density at radius 3 is 2.54 bits per heavy atom. The molecule has 2 aliphatic rings. The van der Waals surface area contributed by atoms with Crippen LogP contribution in [0.2, 0.25) is 5.02 Å². The van der Waals surface area contributed by atoms with Crippen LogP contribution in [-0.2, 0) is 16.0 Å². The summed E-state index contributed by atoms with van der Waals surface area (Å²) in [5.74, 6) is 0.115. The zero-order valence-electron chi connectivity index (χ0n) is 15.3. The van der Waals surface area contributed by atoms with Crippen molar-refractivity contribution in [2.45, 2.75) is 24.8 Å². The highest BCUT2D eigenvalue weighted by atomic mass is 35.5. The summed E-state index contributed by atoms with van der Waals surface area (Å²) in [7, 11) is 1.47. The number of hydrogen-bond acceptors (Lipinski definition) is 5. The number of benzene rings is 1. The summed E-state index contributed by atoms with van der Waals surface area (Å²) < 4.78 is 5.47. The highest BCUT2D eigenvalue weighted by Crippen LogP contribution is 2.29. The van der Waals surface area contributed by atoms with Crippen molar-refractivity contribution in [3.63, 3.8) is 0 Å². The van der Waals surface area contributed by atoms with E-state index in [2.05, 4.69) is 10.3 Å². The van der Waals surface area contributed by atoms with Gasteiger partial charge >= 0.3 is 6.03 Å². The van der Waals surface area contributed by atoms with Gasteiger partial charge in [-0.2, -0.15) is 0 Å². The number of likely N-dealkylation sites (N-methyl/N-ethyl adjacent to an activating group) is 1. The number of piperidine rings is 1. The number of urea groups is 1. The predicted molar refractivity (Wildman–Crippen MR) is 100 cm³/mol. The molecule has 0 bridgehead atoms. The molecule has 4 amide bonds. The number of nitrogens with one attached hydrogen (secondary N) is 1. The first-order valence-electron chi connectivity index (χ1n) is 8.96. The van der Waals surface area contributed by atoms with Crippen molar-refractivity contribution >= 4 is 29.4 Å². The van der Waals surface area contributed by atoms with Gasteiger partial charge in [-0.3, -0.25) is 14.5 Å². The molecular weight excluding hydrogens is 384 g/mol. The van der Waals surface area contributed by atoms with Crippen LogP contribution in [0.3, 0.4) is 0 Å². The van der Waals surface area contributed by atoms with E-state index in [1.807, 2.05) is 0 Å². The van der Waals surface area contributed by atoms with Gasteiger partial charge in [0.15, 0.2) is 0 Å². The number of imide groups is 1. The van der Waals surface area contributed by atoms with Gasteiger partial charge in [0.25, 0.3) is 5.91 Å². The molecular formula is C19H19ClN4O4. The second-order valence-corrected chi connectivity index (χ2v) is 7.52. The monoisotopic (exact) mass is 402 g/mol. The molecule has 0 aliphatic carbocycles. The number of carbonyl (C=O) groups excluding carboxylic acids is 3. The fourth-order valence-corrected chi connectivity index (χ4v) is 3.74. The Morgan fingerprint density at radius 1 is 1.25 bits per heavy atom. The molecule has 1 aromatic carbocycles. The second kappa shape index (κ2) is 6.94. The third-order valence-electron chi connectivity index (χ3n) is 5.31. The Morgan fingerprint density at radius 2 is 1.93 bits per heavy atom. The zero-order valence-corrected chi connectivity index (χ0v) is 16.0. The van der Waals surface area contributed by atoms with Crippen molar-refractivity contribution in [2.75, 3.05) is 20.1 Å². The molecule has 1 spiro atoms. The van der Waals surface area contributed by atoms with E-state index >= 15 is 0 Å². The molecule has 1 aromatic heterocycles. The minimum Gasteiger partial charge on any atom is -0.444 e. The first-order valence-corrected chi connectivity index (χ1v) is 9.34. The summed E-state index contributed by atoms with van der Waals surface area (Å²) in [4.78, 5) is 43.9. The number of likely N-dealkylation sites (tertiary alicyclic amines) is 1. The molecule has 0 radical (unpaired) electrons. The third kappa shape index (κ3) is 3.24. The number of rotatable bonds is 3. The van der Waals surface area contributed by atoms with Gasteiger partial charge < -0.3 is 14.6 Å². The van der Waals surface area contributed by atoms with Crippen LogP contribution in [0, 0.1) is 0 Å². The van der Waals surface area contributed by atoms with Gasteiger partial charge in [-0.1, -0.05) is 11.6 Å². The Balaban J connectivity index is 1.37. The first kappa shape index (κ1) is 18.5. The molecule has 3 heterocycles. The summed E-state index contributed by atoms with van der Waals surface area (Å²) in [6.07, 6.45) is 2.40. The van der Waals surface area contributed by atoms with Gasteiger partial charge in [0.05, 0.1) is 12.1 Å². The van der Waals surface area contributed by atoms with Crippen LogP contribution >= 0.6 is 11.6 Å². The number of nitrogens with zero attached hydrogens (tertiary/aromatic N) is 3. The van der Waals surface area contributed by atoms with Gasteiger partial charge in [-0.25, -0.2) is 9.78 Å². The van der Waals surface area contributed by atoms with Crippen molar-refractivity contribution in [2.24, 2.45) is 0 Å². The lowest BCUT2D eigenvalue weighted by Gasteiger charge is -2.37. The molecule has 0 atom stereocenters. The van der Waals surface area contributed by atoms with Crippen LogP contribution in [0.25, 0.3) is 11.5 Å². The van der Waals surface area contributed by atoms with E-state index < -0.39 is 5.54 Å². The van der Waals surface area contributed by atoms with Crippen LogP contribution in [0.1, 0.15) is 18.5 Å². The predicted octanol–water partition coefficient (Wildman–Crippen LogP) is 2.08. The molecule has 0 saturated carbocycles. The van der Waals surface area contributed by atoms with E-state index in [-0.39, 0.29) is 24.3 Å². The highest BCUT2D eigenvalue weighted by molar-refractivity contribution is 6.30. The number of oxazole rings is 1. The summed E-state index contributed by atoms with van der Waals surface area (Å²) in [6, 6.07) is 6.70. The van der Waals surface area contributed by atoms with E-state index in [1.54, 1.807) is 29.2 Å². The van der Waals surface area contributed by atoms with Gasteiger partial charge in [-0.15, -0.1) is 0 Å². The lowest BCUT2D eigenvalue weighted by Crippen LogP contribution is -2.56. The molecule has 9 heteroatoms. The number of hydrogen-bond donors (Lipinski definition) is 1. The molecule has 2 aromatic rings. The van der Waals surface area contributed by atoms with E-state index in [9.17, 15) is 14.4 Å². The van der Waals surface area contributed by atoms with E-state index in [1.165, 1.54) is 13.3 Å². The average molecular weight is 403 g/mol. The van der Waals surface area contributed by atoms with Crippen LogP contribution in [0.4, 0.5) is 4.79 Å². The maximum atomic E-state index is 12.6. The number of amides is 4. The van der Waals surface area contributed by atoms with E-state index in [4.69, 9.17) is 16.0 Å². The Bertz CT molecular complexity index is 932. The lowest BCUT2D eigenvalue weighted by atomic mass is 9.87. The average Bonchev–Trinajstić information content (AvgIpc) is 3.23. The van der Waals surface area contributed by atoms with Crippen LogP contribution < -0.4 is 5.32 Å². The number of halogens is 1. The SMILES string of the molecule is CN1C(=O)NC2(CCN(C(=O)Cc3coc(-c4ccc(Cl)cc4)n3)CC2)C1=O. The van der Waals surface area contributed by atoms with E-state index in [0.717, 1.165) is 10.5 Å². The Kier molecular flexibility index (Phi) is 4.58.